The van der Waals surface area contributed by atoms with Crippen molar-refractivity contribution in [1.82, 2.24) is 0 Å². The van der Waals surface area contributed by atoms with E-state index >= 15 is 0 Å². The molecular formula is C20H27IO6. The molecule has 0 N–H and O–H groups in total. The summed E-state index contributed by atoms with van der Waals surface area (Å²) in [6.45, 7) is 8.22. The van der Waals surface area contributed by atoms with Gasteiger partial charge in [-0.1, -0.05) is 34.7 Å². The van der Waals surface area contributed by atoms with Crippen molar-refractivity contribution in [3.05, 3.63) is 29.8 Å². The average Bonchev–Trinajstić information content (AvgIpc) is 3.14. The molecule has 0 aromatic heterocycles. The van der Waals surface area contributed by atoms with E-state index in [2.05, 4.69) is 22.6 Å². The third-order valence-electron chi connectivity index (χ3n) is 5.24. The van der Waals surface area contributed by atoms with Crippen LogP contribution in [0.3, 0.4) is 0 Å². The minimum absolute atomic E-state index is 0.0845. The van der Waals surface area contributed by atoms with Gasteiger partial charge >= 0.3 is 0 Å². The summed E-state index contributed by atoms with van der Waals surface area (Å²) in [6, 6.07) is 8.00. The van der Waals surface area contributed by atoms with Crippen molar-refractivity contribution in [1.29, 1.82) is 0 Å². The number of rotatable bonds is 3. The van der Waals surface area contributed by atoms with Gasteiger partial charge in [0.25, 0.3) is 0 Å². The number of fused-ring (bicyclic) bond motifs is 1. The zero-order valence-electron chi connectivity index (χ0n) is 16.3. The molecule has 3 fully saturated rings. The van der Waals surface area contributed by atoms with Gasteiger partial charge in [-0.15, -0.1) is 0 Å². The fourth-order valence-corrected chi connectivity index (χ4v) is 5.18. The molecule has 0 aliphatic carbocycles. The minimum Gasteiger partial charge on any atom is -0.497 e. The monoisotopic (exact) mass is 490 g/mol. The number of hydrogen-bond acceptors (Lipinski definition) is 6. The first-order valence-corrected chi connectivity index (χ1v) is 10.5. The average molecular weight is 490 g/mol. The van der Waals surface area contributed by atoms with Gasteiger partial charge in [-0.05, 0) is 45.4 Å². The Morgan fingerprint density at radius 2 is 1.59 bits per heavy atom. The van der Waals surface area contributed by atoms with Crippen LogP contribution in [0.15, 0.2) is 24.3 Å². The van der Waals surface area contributed by atoms with Crippen LogP contribution in [0.1, 0.15) is 39.4 Å². The topological polar surface area (TPSA) is 55.4 Å². The van der Waals surface area contributed by atoms with Crippen LogP contribution < -0.4 is 4.74 Å². The van der Waals surface area contributed by atoms with E-state index < -0.39 is 11.6 Å². The first-order chi connectivity index (χ1) is 12.7. The van der Waals surface area contributed by atoms with Gasteiger partial charge in [-0.3, -0.25) is 0 Å². The minimum atomic E-state index is -0.649. The first-order valence-electron chi connectivity index (χ1n) is 9.30. The predicted octanol–water partition coefficient (Wildman–Crippen LogP) is 3.61. The Hall–Kier alpha value is -0.450. The van der Waals surface area contributed by atoms with Crippen molar-refractivity contribution in [3.8, 4) is 5.75 Å². The van der Waals surface area contributed by atoms with E-state index in [1.54, 1.807) is 7.11 Å². The van der Waals surface area contributed by atoms with Gasteiger partial charge < -0.3 is 28.4 Å². The molecule has 150 valence electrons. The van der Waals surface area contributed by atoms with Gasteiger partial charge in [0.05, 0.1) is 23.7 Å². The highest BCUT2D eigenvalue weighted by molar-refractivity contribution is 14.1. The molecule has 3 aliphatic heterocycles. The second-order valence-electron chi connectivity index (χ2n) is 8.17. The number of alkyl halides is 1. The van der Waals surface area contributed by atoms with Gasteiger partial charge in [0.1, 0.15) is 30.2 Å². The van der Waals surface area contributed by atoms with Crippen molar-refractivity contribution in [2.45, 2.75) is 73.7 Å². The molecule has 6 atom stereocenters. The lowest BCUT2D eigenvalue weighted by Gasteiger charge is -2.42. The Kier molecular flexibility index (Phi) is 5.22. The molecule has 1 aromatic carbocycles. The maximum atomic E-state index is 6.58. The molecule has 0 radical (unpaired) electrons. The molecule has 3 heterocycles. The lowest BCUT2D eigenvalue weighted by Crippen LogP contribution is -2.55. The molecule has 6 nitrogen and oxygen atoms in total. The summed E-state index contributed by atoms with van der Waals surface area (Å²) in [6.07, 6.45) is -0.878. The zero-order chi connectivity index (χ0) is 19.4. The summed E-state index contributed by atoms with van der Waals surface area (Å²) < 4.78 is 36.4. The molecule has 7 heteroatoms. The molecule has 0 saturated carbocycles. The van der Waals surface area contributed by atoms with Crippen molar-refractivity contribution in [2.75, 3.05) is 13.7 Å². The van der Waals surface area contributed by atoms with Crippen LogP contribution in [0.2, 0.25) is 0 Å². The molecule has 0 amide bonds. The highest BCUT2D eigenvalue weighted by Gasteiger charge is 2.58. The molecular weight excluding hydrogens is 463 g/mol. The molecule has 1 aromatic rings. The molecule has 3 aliphatic rings. The van der Waals surface area contributed by atoms with Crippen LogP contribution >= 0.6 is 22.6 Å². The van der Waals surface area contributed by atoms with Crippen molar-refractivity contribution >= 4 is 22.6 Å². The Morgan fingerprint density at radius 1 is 0.926 bits per heavy atom. The summed E-state index contributed by atoms with van der Waals surface area (Å²) in [5.74, 6) is -0.441. The van der Waals surface area contributed by atoms with E-state index in [-0.39, 0.29) is 34.4 Å². The van der Waals surface area contributed by atoms with Crippen molar-refractivity contribution in [3.63, 3.8) is 0 Å². The Balaban J connectivity index is 1.63. The number of ether oxygens (including phenoxy) is 6. The van der Waals surface area contributed by atoms with E-state index in [9.17, 15) is 0 Å². The molecule has 27 heavy (non-hydrogen) atoms. The SMILES string of the molecule is COc1ccc([C@H]2O[C@H]([C@H]3COC(C)(C)O3)[C@@H]3OC(C)(C)O[C@@H]3[C@H]2I)cc1. The normalized spacial score (nSPS) is 39.9. The smallest absolute Gasteiger partial charge is 0.163 e. The van der Waals surface area contributed by atoms with E-state index in [4.69, 9.17) is 28.4 Å². The Bertz CT molecular complexity index is 676. The number of halogens is 1. The largest absolute Gasteiger partial charge is 0.497 e. The molecule has 4 rings (SSSR count). The van der Waals surface area contributed by atoms with Gasteiger partial charge in [-0.2, -0.15) is 0 Å². The fourth-order valence-electron chi connectivity index (χ4n) is 4.04. The first kappa shape index (κ1) is 19.8. The van der Waals surface area contributed by atoms with Crippen LogP contribution in [0.25, 0.3) is 0 Å². The second kappa shape index (κ2) is 7.11. The van der Waals surface area contributed by atoms with Crippen LogP contribution in [0, 0.1) is 0 Å². The molecule has 0 unspecified atom stereocenters. The lowest BCUT2D eigenvalue weighted by atomic mass is 9.91. The third-order valence-corrected chi connectivity index (χ3v) is 6.60. The number of benzene rings is 1. The van der Waals surface area contributed by atoms with Crippen LogP contribution in [0.4, 0.5) is 0 Å². The second-order valence-corrected chi connectivity index (χ2v) is 9.61. The maximum absolute atomic E-state index is 6.58. The summed E-state index contributed by atoms with van der Waals surface area (Å²) >= 11 is 2.42. The Labute approximate surface area is 173 Å². The lowest BCUT2D eigenvalue weighted by molar-refractivity contribution is -0.203. The third kappa shape index (κ3) is 3.86. The van der Waals surface area contributed by atoms with E-state index in [1.165, 1.54) is 0 Å². The number of methoxy groups -OCH3 is 1. The fraction of sp³-hybridized carbons (Fsp3) is 0.700. The van der Waals surface area contributed by atoms with Gasteiger partial charge in [0, 0.05) is 0 Å². The molecule has 0 spiro atoms. The van der Waals surface area contributed by atoms with Crippen LogP contribution in [-0.2, 0) is 23.7 Å². The predicted molar refractivity (Wildman–Crippen MR) is 107 cm³/mol. The summed E-state index contributed by atoms with van der Waals surface area (Å²) in [5.41, 5.74) is 1.09. The zero-order valence-corrected chi connectivity index (χ0v) is 18.5. The standard InChI is InChI=1S/C20H27IO6/c1-19(2)23-10-13(25-19)16-18-17(26-20(3,4)27-18)14(21)15(24-16)11-6-8-12(22-5)9-7-11/h6-9,13-18H,10H2,1-5H3/t13-,14+,15-,16-,17-,18+/m1/s1. The summed E-state index contributed by atoms with van der Waals surface area (Å²) in [5, 5.41) is 0. The Morgan fingerprint density at radius 3 is 2.19 bits per heavy atom. The van der Waals surface area contributed by atoms with Gasteiger partial charge in [0.15, 0.2) is 11.6 Å². The van der Waals surface area contributed by atoms with Crippen LogP contribution in [0.5, 0.6) is 5.75 Å². The summed E-state index contributed by atoms with van der Waals surface area (Å²) in [4.78, 5) is 0. The van der Waals surface area contributed by atoms with Crippen LogP contribution in [-0.4, -0.2) is 53.6 Å². The molecule has 3 saturated heterocycles. The van der Waals surface area contributed by atoms with E-state index in [1.807, 2.05) is 52.0 Å². The van der Waals surface area contributed by atoms with E-state index in [0.717, 1.165) is 11.3 Å². The quantitative estimate of drug-likeness (QED) is 0.477. The van der Waals surface area contributed by atoms with Gasteiger partial charge in [-0.25, -0.2) is 0 Å². The van der Waals surface area contributed by atoms with Crippen molar-refractivity contribution < 1.29 is 28.4 Å². The number of hydrogen-bond donors (Lipinski definition) is 0. The van der Waals surface area contributed by atoms with Gasteiger partial charge in [0.2, 0.25) is 0 Å². The maximum Gasteiger partial charge on any atom is 0.163 e. The molecule has 0 bridgehead atoms. The summed E-state index contributed by atoms with van der Waals surface area (Å²) in [7, 11) is 1.67. The van der Waals surface area contributed by atoms with Crippen molar-refractivity contribution in [2.24, 2.45) is 0 Å². The van der Waals surface area contributed by atoms with E-state index in [0.29, 0.717) is 6.61 Å². The highest BCUT2D eigenvalue weighted by Crippen LogP contribution is 2.47. The highest BCUT2D eigenvalue weighted by atomic mass is 127.